The van der Waals surface area contributed by atoms with Gasteiger partial charge in [-0.25, -0.2) is 0 Å². The van der Waals surface area contributed by atoms with E-state index in [0.717, 1.165) is 13.0 Å². The molecule has 0 aliphatic rings. The van der Waals surface area contributed by atoms with E-state index in [-0.39, 0.29) is 0 Å². The fraction of sp³-hybridized carbons (Fsp3) is 0.182. The summed E-state index contributed by atoms with van der Waals surface area (Å²) in [6.07, 6.45) is -54.0. The summed E-state index contributed by atoms with van der Waals surface area (Å²) >= 11 is 0. The van der Waals surface area contributed by atoms with Gasteiger partial charge in [0.2, 0.25) is 5.52 Å². The normalized spacial score (nSPS) is 13.3. The third kappa shape index (κ3) is 13.9. The number of nitrogens with zero attached hydrogens (tertiary/aromatic N) is 1. The van der Waals surface area contributed by atoms with E-state index in [1.165, 1.54) is 27.7 Å². The molecular formula is C55H32BF24NO. The van der Waals surface area contributed by atoms with Crippen molar-refractivity contribution in [3.8, 4) is 5.75 Å². The minimum absolute atomic E-state index is 0.305. The lowest BCUT2D eigenvalue weighted by molar-refractivity contribution is -0.669. The van der Waals surface area contributed by atoms with Gasteiger partial charge in [-0.3, -0.25) is 0 Å². The lowest BCUT2D eigenvalue weighted by Crippen LogP contribution is -2.75. The molecule has 1 heterocycles. The molecule has 1 aromatic heterocycles. The van der Waals surface area contributed by atoms with Crippen LogP contribution < -0.4 is 26.4 Å². The van der Waals surface area contributed by atoms with E-state index < -0.39 is 195 Å². The van der Waals surface area contributed by atoms with E-state index in [2.05, 4.69) is 71.3 Å². The first-order chi connectivity index (χ1) is 37.6. The van der Waals surface area contributed by atoms with E-state index in [1.54, 1.807) is 12.1 Å². The molecule has 0 bridgehead atoms. The first-order valence-electron chi connectivity index (χ1n) is 23.1. The lowest BCUT2D eigenvalue weighted by Gasteiger charge is -2.46. The Bertz CT molecular complexity index is 3150. The Kier molecular flexibility index (Phi) is 16.4. The fourth-order valence-electron chi connectivity index (χ4n) is 9.31. The molecule has 1 N–H and O–H groups in total. The SMILES string of the molecule is FC(F)(F)c1cc([B-](c2cc(C(F)(F)F)cc(C(F)(F)F)c2)(c2cc(C(F)(F)F)cc(C(F)(F)F)c2)c2cc(C(F)(F)F)cc(C(F)(F)F)c2)cc(C(F)(F)F)c1.Oc1ccc(Cc2ccc3ccccc3[n+]2Cc2ccccc2)cc1. The highest BCUT2D eigenvalue weighted by molar-refractivity contribution is 7.20. The average molecular weight is 1190 g/mol. The van der Waals surface area contributed by atoms with Gasteiger partial charge in [-0.05, 0) is 54.1 Å². The number of phenolic OH excluding ortho intramolecular Hbond substituents is 1. The van der Waals surface area contributed by atoms with Crippen LogP contribution in [0.1, 0.15) is 61.3 Å². The highest BCUT2D eigenvalue weighted by Crippen LogP contribution is 2.41. The molecule has 82 heavy (non-hydrogen) atoms. The Balaban J connectivity index is 0.000000318. The predicted molar refractivity (Wildman–Crippen MR) is 251 cm³/mol. The van der Waals surface area contributed by atoms with Gasteiger partial charge in [0.05, 0.1) is 50.9 Å². The molecule has 0 atom stereocenters. The van der Waals surface area contributed by atoms with Crippen molar-refractivity contribution in [2.45, 2.75) is 62.4 Å². The Labute approximate surface area is 446 Å². The van der Waals surface area contributed by atoms with Crippen LogP contribution in [0.25, 0.3) is 10.9 Å². The van der Waals surface area contributed by atoms with Gasteiger partial charge in [0.15, 0.2) is 12.2 Å². The van der Waals surface area contributed by atoms with Gasteiger partial charge >= 0.3 is 49.4 Å². The van der Waals surface area contributed by atoms with Crippen molar-refractivity contribution in [1.82, 2.24) is 0 Å². The Morgan fingerprint density at radius 1 is 0.305 bits per heavy atom. The molecular weight excluding hydrogens is 1160 g/mol. The number of fused-ring (bicyclic) bond motifs is 1. The van der Waals surface area contributed by atoms with Crippen LogP contribution in [-0.4, -0.2) is 11.3 Å². The molecule has 27 heteroatoms. The minimum Gasteiger partial charge on any atom is -0.508 e. The quantitative estimate of drug-likeness (QED) is 0.0915. The third-order valence-corrected chi connectivity index (χ3v) is 13.0. The Morgan fingerprint density at radius 2 is 0.598 bits per heavy atom. The first-order valence-corrected chi connectivity index (χ1v) is 23.1. The molecule has 0 amide bonds. The monoisotopic (exact) mass is 1190 g/mol. The Morgan fingerprint density at radius 3 is 0.902 bits per heavy atom. The molecule has 0 aliphatic heterocycles. The van der Waals surface area contributed by atoms with Crippen LogP contribution in [-0.2, 0) is 62.4 Å². The summed E-state index contributed by atoms with van der Waals surface area (Å²) in [5.41, 5.74) is -25.2. The van der Waals surface area contributed by atoms with E-state index in [0.29, 0.717) is 5.75 Å². The lowest BCUT2D eigenvalue weighted by atomic mass is 9.12. The van der Waals surface area contributed by atoms with Crippen LogP contribution >= 0.6 is 0 Å². The van der Waals surface area contributed by atoms with Crippen molar-refractivity contribution in [2.75, 3.05) is 0 Å². The molecule has 0 saturated carbocycles. The number of halogens is 24. The van der Waals surface area contributed by atoms with Crippen molar-refractivity contribution >= 4 is 38.9 Å². The number of phenols is 1. The van der Waals surface area contributed by atoms with Crippen LogP contribution in [0, 0.1) is 0 Å². The highest BCUT2D eigenvalue weighted by atomic mass is 19.4. The second kappa shape index (κ2) is 21.8. The number of hydrogen-bond donors (Lipinski definition) is 1. The van der Waals surface area contributed by atoms with E-state index in [4.69, 9.17) is 0 Å². The number of alkyl halides is 24. The summed E-state index contributed by atoms with van der Waals surface area (Å²) in [6, 6.07) is 22.1. The molecule has 0 unspecified atom stereocenters. The summed E-state index contributed by atoms with van der Waals surface area (Å²) < 4.78 is 343. The van der Waals surface area contributed by atoms with Crippen LogP contribution in [0.5, 0.6) is 5.75 Å². The second-order valence-corrected chi connectivity index (χ2v) is 18.5. The number of aromatic hydroxyl groups is 1. The number of hydrogen-bond acceptors (Lipinski definition) is 1. The number of rotatable bonds is 8. The van der Waals surface area contributed by atoms with E-state index >= 15 is 0 Å². The summed E-state index contributed by atoms with van der Waals surface area (Å²) in [5, 5.41) is 10.8. The van der Waals surface area contributed by atoms with E-state index in [1.807, 2.05) is 12.1 Å². The maximum atomic E-state index is 14.2. The molecule has 0 saturated heterocycles. The largest absolute Gasteiger partial charge is 0.508 e. The van der Waals surface area contributed by atoms with Crippen molar-refractivity contribution in [3.63, 3.8) is 0 Å². The average Bonchev–Trinajstić information content (AvgIpc) is 1.63. The zero-order valence-electron chi connectivity index (χ0n) is 40.5. The smallest absolute Gasteiger partial charge is 0.416 e. The molecule has 8 rings (SSSR count). The molecule has 0 spiro atoms. The van der Waals surface area contributed by atoms with Crippen LogP contribution in [0.3, 0.4) is 0 Å². The van der Waals surface area contributed by atoms with Crippen molar-refractivity contribution in [3.05, 3.63) is 225 Å². The molecule has 7 aromatic carbocycles. The van der Waals surface area contributed by atoms with Gasteiger partial charge in [-0.2, -0.15) is 132 Å². The number of aromatic nitrogens is 1. The summed E-state index contributed by atoms with van der Waals surface area (Å²) in [4.78, 5) is 0. The maximum Gasteiger partial charge on any atom is 0.416 e. The number of para-hydroxylation sites is 1. The molecule has 0 aliphatic carbocycles. The van der Waals surface area contributed by atoms with Gasteiger partial charge < -0.3 is 5.11 Å². The summed E-state index contributed by atoms with van der Waals surface area (Å²) in [5.74, 6) is 0.305. The Hall–Kier alpha value is -7.87. The predicted octanol–water partition coefficient (Wildman–Crippen LogP) is 15.7. The molecule has 434 valence electrons. The minimum atomic E-state index is -6.13. The van der Waals surface area contributed by atoms with Crippen molar-refractivity contribution in [1.29, 1.82) is 0 Å². The molecule has 2 nitrogen and oxygen atoms in total. The van der Waals surface area contributed by atoms with Gasteiger partial charge in [0, 0.05) is 23.1 Å². The fourth-order valence-corrected chi connectivity index (χ4v) is 9.31. The third-order valence-electron chi connectivity index (χ3n) is 13.0. The zero-order valence-corrected chi connectivity index (χ0v) is 40.5. The van der Waals surface area contributed by atoms with Gasteiger partial charge in [0.1, 0.15) is 11.9 Å². The molecule has 8 aromatic rings. The van der Waals surface area contributed by atoms with Crippen molar-refractivity contribution < 1.29 is 115 Å². The molecule has 0 radical (unpaired) electrons. The summed E-state index contributed by atoms with van der Waals surface area (Å²) in [7, 11) is 0. The van der Waals surface area contributed by atoms with Crippen LogP contribution in [0.2, 0.25) is 0 Å². The highest BCUT2D eigenvalue weighted by Gasteiger charge is 2.47. The number of pyridine rings is 1. The second-order valence-electron chi connectivity index (χ2n) is 18.5. The van der Waals surface area contributed by atoms with Crippen molar-refractivity contribution in [2.24, 2.45) is 0 Å². The standard InChI is InChI=1S/C32H12BF24.C23H19NO/c34-25(35,36)13-1-14(26(37,38)39)6-21(5-13)33(22-7-15(27(40,41)42)2-16(8-22)28(43,44)45,23-9-17(29(46,47)48)3-18(10-23)30(49,50)51)24-11-19(31(52,53)54)4-20(12-24)32(55,56)57;25-22-14-10-18(11-15-22)16-21-13-12-20-8-4-5-9-23(20)24(21)17-19-6-2-1-3-7-19/h1-12H;1-15H,16-17H2/q-1;/p+1. The zero-order chi connectivity index (χ0) is 61.0. The van der Waals surface area contributed by atoms with Crippen LogP contribution in [0.15, 0.2) is 164 Å². The van der Waals surface area contributed by atoms with Gasteiger partial charge in [0.25, 0.3) is 0 Å². The maximum absolute atomic E-state index is 14.2. The van der Waals surface area contributed by atoms with E-state index in [9.17, 15) is 110 Å². The summed E-state index contributed by atoms with van der Waals surface area (Å²) in [6.45, 7) is 0.843. The molecule has 0 fully saturated rings. The van der Waals surface area contributed by atoms with Gasteiger partial charge in [-0.1, -0.05) is 103 Å². The van der Waals surface area contributed by atoms with Crippen LogP contribution in [0.4, 0.5) is 105 Å². The topological polar surface area (TPSA) is 24.1 Å². The number of benzene rings is 7. The van der Waals surface area contributed by atoms with Gasteiger partial charge in [-0.15, -0.1) is 0 Å². The first kappa shape index (κ1) is 61.7.